The van der Waals surface area contributed by atoms with Gasteiger partial charge in [-0.05, 0) is 35.9 Å². The number of alkyl halides is 3. The molecule has 4 nitrogen and oxygen atoms in total. The topological polar surface area (TPSA) is 56.9 Å². The van der Waals surface area contributed by atoms with Gasteiger partial charge in [0.15, 0.2) is 0 Å². The smallest absolute Gasteiger partial charge is 0.361 e. The van der Waals surface area contributed by atoms with Gasteiger partial charge in [0.05, 0.1) is 11.3 Å². The number of aromatic nitrogens is 1. The number of urea groups is 1. The zero-order valence-corrected chi connectivity index (χ0v) is 12.4. The lowest BCUT2D eigenvalue weighted by Crippen LogP contribution is -2.28. The quantitative estimate of drug-likeness (QED) is 0.649. The van der Waals surface area contributed by atoms with Crippen LogP contribution in [0.5, 0.6) is 0 Å². The molecule has 0 saturated heterocycles. The fraction of sp³-hybridized carbons (Fsp3) is 0.118. The summed E-state index contributed by atoms with van der Waals surface area (Å²) in [5.41, 5.74) is 1.14. The van der Waals surface area contributed by atoms with Crippen LogP contribution in [-0.4, -0.2) is 11.0 Å². The SMILES string of the molecule is O=C(NCc1cccc(C(F)(F)F)c1)Nc1cccc2[nH]ccc12. The Bertz CT molecular complexity index is 871. The number of hydrogen-bond acceptors (Lipinski definition) is 1. The molecule has 0 radical (unpaired) electrons. The highest BCUT2D eigenvalue weighted by atomic mass is 19.4. The Hall–Kier alpha value is -2.96. The van der Waals surface area contributed by atoms with Crippen molar-refractivity contribution in [3.8, 4) is 0 Å². The first-order valence-corrected chi connectivity index (χ1v) is 7.20. The van der Waals surface area contributed by atoms with E-state index in [0.29, 0.717) is 11.3 Å². The van der Waals surface area contributed by atoms with E-state index in [1.807, 2.05) is 12.1 Å². The van der Waals surface area contributed by atoms with Crippen LogP contribution in [0, 0.1) is 0 Å². The van der Waals surface area contributed by atoms with Crippen molar-refractivity contribution in [2.24, 2.45) is 0 Å². The normalized spacial score (nSPS) is 11.5. The summed E-state index contributed by atoms with van der Waals surface area (Å²) in [6.45, 7) is -0.00112. The molecular weight excluding hydrogens is 319 g/mol. The Morgan fingerprint density at radius 3 is 2.67 bits per heavy atom. The molecule has 7 heteroatoms. The summed E-state index contributed by atoms with van der Waals surface area (Å²) in [5, 5.41) is 6.10. The number of fused-ring (bicyclic) bond motifs is 1. The summed E-state index contributed by atoms with van der Waals surface area (Å²) >= 11 is 0. The standard InChI is InChI=1S/C17H14F3N3O/c18-17(19,20)12-4-1-3-11(9-12)10-22-16(24)23-15-6-2-5-14-13(15)7-8-21-14/h1-9,21H,10H2,(H2,22,23,24). The van der Waals surface area contributed by atoms with Gasteiger partial charge < -0.3 is 15.6 Å². The second kappa shape index (κ2) is 6.27. The van der Waals surface area contributed by atoms with Crippen molar-refractivity contribution >= 4 is 22.6 Å². The molecule has 3 rings (SSSR count). The highest BCUT2D eigenvalue weighted by Crippen LogP contribution is 2.29. The zero-order chi connectivity index (χ0) is 17.2. The van der Waals surface area contributed by atoms with Crippen LogP contribution in [-0.2, 0) is 12.7 Å². The van der Waals surface area contributed by atoms with Gasteiger partial charge in [0.1, 0.15) is 0 Å². The summed E-state index contributed by atoms with van der Waals surface area (Å²) in [6.07, 6.45) is -2.64. The molecule has 0 spiro atoms. The number of carbonyl (C=O) groups is 1. The summed E-state index contributed by atoms with van der Waals surface area (Å²) in [6, 6.07) is 11.6. The first kappa shape index (κ1) is 15.9. The van der Waals surface area contributed by atoms with E-state index in [-0.39, 0.29) is 6.54 Å². The number of aromatic amines is 1. The molecule has 124 valence electrons. The molecule has 0 saturated carbocycles. The van der Waals surface area contributed by atoms with Gasteiger partial charge in [0, 0.05) is 23.6 Å². The van der Waals surface area contributed by atoms with Gasteiger partial charge in [0.2, 0.25) is 0 Å². The first-order valence-electron chi connectivity index (χ1n) is 7.20. The molecule has 0 atom stereocenters. The van der Waals surface area contributed by atoms with Gasteiger partial charge in [-0.25, -0.2) is 4.79 Å². The molecule has 3 N–H and O–H groups in total. The van der Waals surface area contributed by atoms with Crippen molar-refractivity contribution in [2.75, 3.05) is 5.32 Å². The van der Waals surface area contributed by atoms with E-state index in [1.165, 1.54) is 12.1 Å². The minimum absolute atomic E-state index is 0.00112. The summed E-state index contributed by atoms with van der Waals surface area (Å²) in [4.78, 5) is 15.0. The van der Waals surface area contributed by atoms with Crippen LogP contribution >= 0.6 is 0 Å². The van der Waals surface area contributed by atoms with Crippen molar-refractivity contribution < 1.29 is 18.0 Å². The fourth-order valence-corrected chi connectivity index (χ4v) is 2.40. The summed E-state index contributed by atoms with van der Waals surface area (Å²) in [7, 11) is 0. The van der Waals surface area contributed by atoms with E-state index >= 15 is 0 Å². The maximum atomic E-state index is 12.7. The molecule has 0 aliphatic rings. The van der Waals surface area contributed by atoms with Crippen molar-refractivity contribution in [3.63, 3.8) is 0 Å². The maximum Gasteiger partial charge on any atom is 0.416 e. The number of nitrogens with one attached hydrogen (secondary N) is 3. The highest BCUT2D eigenvalue weighted by molar-refractivity contribution is 6.00. The number of hydrogen-bond donors (Lipinski definition) is 3. The van der Waals surface area contributed by atoms with E-state index in [0.717, 1.165) is 23.0 Å². The Labute approximate surface area is 135 Å². The molecule has 1 aromatic heterocycles. The van der Waals surface area contributed by atoms with Gasteiger partial charge in [-0.15, -0.1) is 0 Å². The molecule has 3 aromatic rings. The largest absolute Gasteiger partial charge is 0.416 e. The van der Waals surface area contributed by atoms with E-state index < -0.39 is 17.8 Å². The van der Waals surface area contributed by atoms with Gasteiger partial charge in [-0.3, -0.25) is 0 Å². The number of rotatable bonds is 3. The van der Waals surface area contributed by atoms with Crippen LogP contribution in [0.1, 0.15) is 11.1 Å². The predicted octanol–water partition coefficient (Wildman–Crippen LogP) is 4.51. The summed E-state index contributed by atoms with van der Waals surface area (Å²) < 4.78 is 38.0. The Morgan fingerprint density at radius 2 is 1.88 bits per heavy atom. The molecule has 0 unspecified atom stereocenters. The average Bonchev–Trinajstić information content (AvgIpc) is 3.02. The van der Waals surface area contributed by atoms with E-state index in [2.05, 4.69) is 15.6 Å². The highest BCUT2D eigenvalue weighted by Gasteiger charge is 2.30. The molecule has 0 fully saturated rings. The van der Waals surface area contributed by atoms with E-state index in [1.54, 1.807) is 18.3 Å². The van der Waals surface area contributed by atoms with Gasteiger partial charge in [-0.2, -0.15) is 13.2 Å². The third-order valence-electron chi connectivity index (χ3n) is 3.55. The Kier molecular flexibility index (Phi) is 4.16. The molecule has 2 amide bonds. The number of anilines is 1. The maximum absolute atomic E-state index is 12.7. The molecule has 0 bridgehead atoms. The van der Waals surface area contributed by atoms with Crippen LogP contribution in [0.15, 0.2) is 54.7 Å². The molecule has 24 heavy (non-hydrogen) atoms. The second-order valence-corrected chi connectivity index (χ2v) is 5.25. The third-order valence-corrected chi connectivity index (χ3v) is 3.55. The molecule has 2 aromatic carbocycles. The van der Waals surface area contributed by atoms with Crippen molar-refractivity contribution in [1.82, 2.24) is 10.3 Å². The predicted molar refractivity (Wildman–Crippen MR) is 85.6 cm³/mol. The lowest BCUT2D eigenvalue weighted by molar-refractivity contribution is -0.137. The molecule has 1 heterocycles. The average molecular weight is 333 g/mol. The number of halogens is 3. The van der Waals surface area contributed by atoms with Gasteiger partial charge in [0.25, 0.3) is 0 Å². The number of amides is 2. The Balaban J connectivity index is 1.65. The first-order chi connectivity index (χ1) is 11.4. The second-order valence-electron chi connectivity index (χ2n) is 5.25. The number of carbonyl (C=O) groups excluding carboxylic acids is 1. The number of H-pyrrole nitrogens is 1. The third kappa shape index (κ3) is 3.51. The van der Waals surface area contributed by atoms with Crippen LogP contribution in [0.4, 0.5) is 23.7 Å². The minimum atomic E-state index is -4.40. The van der Waals surface area contributed by atoms with E-state index in [4.69, 9.17) is 0 Å². The monoisotopic (exact) mass is 333 g/mol. The van der Waals surface area contributed by atoms with Gasteiger partial charge in [-0.1, -0.05) is 18.2 Å². The molecule has 0 aliphatic heterocycles. The number of benzene rings is 2. The van der Waals surface area contributed by atoms with Crippen LogP contribution in [0.3, 0.4) is 0 Å². The van der Waals surface area contributed by atoms with Crippen molar-refractivity contribution in [3.05, 3.63) is 65.9 Å². The molecular formula is C17H14F3N3O. The van der Waals surface area contributed by atoms with Crippen LogP contribution in [0.2, 0.25) is 0 Å². The van der Waals surface area contributed by atoms with E-state index in [9.17, 15) is 18.0 Å². The van der Waals surface area contributed by atoms with Crippen LogP contribution < -0.4 is 10.6 Å². The minimum Gasteiger partial charge on any atom is -0.361 e. The van der Waals surface area contributed by atoms with Crippen molar-refractivity contribution in [1.29, 1.82) is 0 Å². The van der Waals surface area contributed by atoms with Crippen molar-refractivity contribution in [2.45, 2.75) is 12.7 Å². The summed E-state index contributed by atoms with van der Waals surface area (Å²) in [5.74, 6) is 0. The lowest BCUT2D eigenvalue weighted by Gasteiger charge is -2.11. The van der Waals surface area contributed by atoms with Crippen LogP contribution in [0.25, 0.3) is 10.9 Å². The Morgan fingerprint density at radius 1 is 1.08 bits per heavy atom. The molecule has 0 aliphatic carbocycles. The zero-order valence-electron chi connectivity index (χ0n) is 12.4. The van der Waals surface area contributed by atoms with Gasteiger partial charge >= 0.3 is 12.2 Å². The lowest BCUT2D eigenvalue weighted by atomic mass is 10.1. The fourth-order valence-electron chi connectivity index (χ4n) is 2.40.